The maximum absolute atomic E-state index is 12.2. The van der Waals surface area contributed by atoms with E-state index < -0.39 is 5.97 Å². The van der Waals surface area contributed by atoms with E-state index in [9.17, 15) is 14.7 Å². The zero-order chi connectivity index (χ0) is 21.0. The summed E-state index contributed by atoms with van der Waals surface area (Å²) >= 11 is 12.0. The summed E-state index contributed by atoms with van der Waals surface area (Å²) in [5.41, 5.74) is 0.713. The third-order valence-corrected chi connectivity index (χ3v) is 4.58. The number of ether oxygens (including phenoxy) is 1. The average molecular weight is 435 g/mol. The minimum atomic E-state index is -0.702. The van der Waals surface area contributed by atoms with Crippen LogP contribution >= 0.6 is 23.2 Å². The number of rotatable bonds is 6. The standard InChI is InChI=1S/C20H16Cl2N2O5/c1-28-20(27)13-3-2-4-15(19(13)26)24-17(25)7-8-18-23-10-16(29-18)12-6-5-11(21)9-14(12)22/h2-6,9-10,26H,7-8H2,1H3,(H,24,25). The number of aromatic nitrogens is 1. The van der Waals surface area contributed by atoms with Gasteiger partial charge in [-0.3, -0.25) is 4.79 Å². The predicted molar refractivity (Wildman–Crippen MR) is 108 cm³/mol. The number of benzene rings is 2. The zero-order valence-electron chi connectivity index (χ0n) is 15.2. The number of carbonyl (C=O) groups excluding carboxylic acids is 2. The molecule has 1 heterocycles. The molecule has 1 amide bonds. The summed E-state index contributed by atoms with van der Waals surface area (Å²) in [6.07, 6.45) is 1.80. The highest BCUT2D eigenvalue weighted by atomic mass is 35.5. The van der Waals surface area contributed by atoms with E-state index in [1.807, 2.05) is 0 Å². The van der Waals surface area contributed by atoms with E-state index in [4.69, 9.17) is 27.6 Å². The fourth-order valence-electron chi connectivity index (χ4n) is 2.59. The third kappa shape index (κ3) is 4.88. The van der Waals surface area contributed by atoms with Crippen LogP contribution in [-0.4, -0.2) is 29.1 Å². The van der Waals surface area contributed by atoms with Gasteiger partial charge in [0.05, 0.1) is 24.0 Å². The number of nitrogens with zero attached hydrogens (tertiary/aromatic N) is 1. The molecule has 0 saturated heterocycles. The van der Waals surface area contributed by atoms with Gasteiger partial charge in [-0.05, 0) is 30.3 Å². The lowest BCUT2D eigenvalue weighted by Gasteiger charge is -2.09. The van der Waals surface area contributed by atoms with Crippen molar-refractivity contribution in [2.75, 3.05) is 12.4 Å². The molecule has 7 nitrogen and oxygen atoms in total. The summed E-state index contributed by atoms with van der Waals surface area (Å²) in [4.78, 5) is 28.0. The molecule has 0 bridgehead atoms. The van der Waals surface area contributed by atoms with Crippen molar-refractivity contribution in [3.8, 4) is 17.1 Å². The van der Waals surface area contributed by atoms with Gasteiger partial charge in [0.1, 0.15) is 5.56 Å². The Hall–Kier alpha value is -3.03. The van der Waals surface area contributed by atoms with Crippen molar-refractivity contribution >= 4 is 40.8 Å². The zero-order valence-corrected chi connectivity index (χ0v) is 16.8. The van der Waals surface area contributed by atoms with Gasteiger partial charge < -0.3 is 19.6 Å². The van der Waals surface area contributed by atoms with Crippen molar-refractivity contribution in [3.05, 3.63) is 64.1 Å². The number of oxazole rings is 1. The fraction of sp³-hybridized carbons (Fsp3) is 0.150. The molecule has 150 valence electrons. The van der Waals surface area contributed by atoms with Crippen LogP contribution in [-0.2, 0) is 16.0 Å². The number of halogens is 2. The van der Waals surface area contributed by atoms with Crippen molar-refractivity contribution in [2.45, 2.75) is 12.8 Å². The second kappa shape index (κ2) is 8.98. The Bertz CT molecular complexity index is 1060. The molecule has 0 atom stereocenters. The first-order valence-electron chi connectivity index (χ1n) is 8.49. The number of aryl methyl sites for hydroxylation is 1. The van der Waals surface area contributed by atoms with Crippen LogP contribution < -0.4 is 5.32 Å². The van der Waals surface area contributed by atoms with Crippen LogP contribution in [0.1, 0.15) is 22.7 Å². The third-order valence-electron chi connectivity index (χ3n) is 4.03. The molecule has 0 spiro atoms. The van der Waals surface area contributed by atoms with E-state index in [2.05, 4.69) is 15.0 Å². The molecule has 3 aromatic rings. The average Bonchev–Trinajstić information content (AvgIpc) is 3.16. The molecule has 29 heavy (non-hydrogen) atoms. The van der Waals surface area contributed by atoms with Crippen molar-refractivity contribution in [1.82, 2.24) is 4.98 Å². The molecule has 2 aromatic carbocycles. The largest absolute Gasteiger partial charge is 0.505 e. The minimum Gasteiger partial charge on any atom is -0.505 e. The van der Waals surface area contributed by atoms with E-state index in [0.29, 0.717) is 27.3 Å². The maximum atomic E-state index is 12.2. The van der Waals surface area contributed by atoms with Gasteiger partial charge in [-0.2, -0.15) is 0 Å². The highest BCUT2D eigenvalue weighted by molar-refractivity contribution is 6.36. The van der Waals surface area contributed by atoms with E-state index in [1.54, 1.807) is 18.2 Å². The molecule has 0 saturated carbocycles. The van der Waals surface area contributed by atoms with Crippen molar-refractivity contribution in [3.63, 3.8) is 0 Å². The predicted octanol–water partition coefficient (Wildman–Crippen LogP) is 4.71. The van der Waals surface area contributed by atoms with Gasteiger partial charge in [-0.25, -0.2) is 9.78 Å². The number of hydrogen-bond donors (Lipinski definition) is 2. The minimum absolute atomic E-state index is 0.0394. The molecular formula is C20H16Cl2N2O5. The molecule has 0 aliphatic heterocycles. The summed E-state index contributed by atoms with van der Waals surface area (Å²) in [5, 5.41) is 13.6. The van der Waals surface area contributed by atoms with E-state index in [0.717, 1.165) is 0 Å². The van der Waals surface area contributed by atoms with Crippen molar-refractivity contribution < 1.29 is 23.8 Å². The van der Waals surface area contributed by atoms with Crippen molar-refractivity contribution in [1.29, 1.82) is 0 Å². The summed E-state index contributed by atoms with van der Waals surface area (Å²) in [6.45, 7) is 0. The maximum Gasteiger partial charge on any atom is 0.341 e. The molecule has 0 aliphatic rings. The topological polar surface area (TPSA) is 102 Å². The van der Waals surface area contributed by atoms with Crippen LogP contribution in [0.2, 0.25) is 10.0 Å². The highest BCUT2D eigenvalue weighted by Gasteiger charge is 2.17. The van der Waals surface area contributed by atoms with Gasteiger partial charge in [-0.1, -0.05) is 29.3 Å². The van der Waals surface area contributed by atoms with E-state index in [1.165, 1.54) is 31.5 Å². The number of nitrogens with one attached hydrogen (secondary N) is 1. The molecule has 2 N–H and O–H groups in total. The van der Waals surface area contributed by atoms with Gasteiger partial charge in [0, 0.05) is 23.4 Å². The number of esters is 1. The molecule has 1 aromatic heterocycles. The molecular weight excluding hydrogens is 419 g/mol. The second-order valence-corrected chi connectivity index (χ2v) is 6.83. The number of carbonyl (C=O) groups is 2. The normalized spacial score (nSPS) is 10.6. The molecule has 9 heteroatoms. The summed E-state index contributed by atoms with van der Waals surface area (Å²) in [6, 6.07) is 9.41. The van der Waals surface area contributed by atoms with Crippen LogP contribution in [0.15, 0.2) is 47.0 Å². The van der Waals surface area contributed by atoms with Crippen LogP contribution in [0.4, 0.5) is 5.69 Å². The smallest absolute Gasteiger partial charge is 0.341 e. The van der Waals surface area contributed by atoms with E-state index in [-0.39, 0.29) is 35.7 Å². The number of phenolic OH excluding ortho intramolecular Hbond substituents is 1. The lowest BCUT2D eigenvalue weighted by Crippen LogP contribution is -2.13. The number of phenols is 1. The number of anilines is 1. The van der Waals surface area contributed by atoms with Crippen LogP contribution in [0.25, 0.3) is 11.3 Å². The highest BCUT2D eigenvalue weighted by Crippen LogP contribution is 2.31. The lowest BCUT2D eigenvalue weighted by molar-refractivity contribution is -0.116. The van der Waals surface area contributed by atoms with E-state index >= 15 is 0 Å². The number of aromatic hydroxyl groups is 1. The first kappa shape index (κ1) is 20.7. The molecule has 0 aliphatic carbocycles. The lowest BCUT2D eigenvalue weighted by atomic mass is 10.1. The van der Waals surface area contributed by atoms with Gasteiger partial charge in [0.15, 0.2) is 17.4 Å². The monoisotopic (exact) mass is 434 g/mol. The second-order valence-electron chi connectivity index (χ2n) is 5.98. The first-order chi connectivity index (χ1) is 13.9. The Labute approximate surface area is 176 Å². The molecule has 3 rings (SSSR count). The SMILES string of the molecule is COC(=O)c1cccc(NC(=O)CCc2ncc(-c3ccc(Cl)cc3Cl)o2)c1O. The Kier molecular flexibility index (Phi) is 6.41. The van der Waals surface area contributed by atoms with Gasteiger partial charge in [0.25, 0.3) is 0 Å². The number of methoxy groups -OCH3 is 1. The Balaban J connectivity index is 1.63. The number of hydrogen-bond acceptors (Lipinski definition) is 6. The Morgan fingerprint density at radius 1 is 1.24 bits per heavy atom. The quantitative estimate of drug-likeness (QED) is 0.430. The summed E-state index contributed by atoms with van der Waals surface area (Å²) in [5.74, 6) is -0.624. The Morgan fingerprint density at radius 2 is 2.03 bits per heavy atom. The Morgan fingerprint density at radius 3 is 2.76 bits per heavy atom. The number of para-hydroxylation sites is 1. The first-order valence-corrected chi connectivity index (χ1v) is 9.25. The molecule has 0 radical (unpaired) electrons. The number of amides is 1. The molecule has 0 fully saturated rings. The van der Waals surface area contributed by atoms with Crippen molar-refractivity contribution in [2.24, 2.45) is 0 Å². The van der Waals surface area contributed by atoms with Gasteiger partial charge >= 0.3 is 5.97 Å². The summed E-state index contributed by atoms with van der Waals surface area (Å²) < 4.78 is 10.2. The molecule has 0 unspecified atom stereocenters. The van der Waals surface area contributed by atoms with Gasteiger partial charge in [0.2, 0.25) is 5.91 Å². The fourth-order valence-corrected chi connectivity index (χ4v) is 3.09. The van der Waals surface area contributed by atoms with Gasteiger partial charge in [-0.15, -0.1) is 0 Å². The van der Waals surface area contributed by atoms with Crippen LogP contribution in [0, 0.1) is 0 Å². The summed E-state index contributed by atoms with van der Waals surface area (Å²) in [7, 11) is 1.20. The van der Waals surface area contributed by atoms with Crippen LogP contribution in [0.5, 0.6) is 5.75 Å². The van der Waals surface area contributed by atoms with Crippen LogP contribution in [0.3, 0.4) is 0 Å².